The van der Waals surface area contributed by atoms with Gasteiger partial charge in [0.2, 0.25) is 11.8 Å². The van der Waals surface area contributed by atoms with E-state index >= 15 is 0 Å². The van der Waals surface area contributed by atoms with E-state index in [0.717, 1.165) is 5.69 Å². The first-order chi connectivity index (χ1) is 9.97. The molecule has 0 bridgehead atoms. The van der Waals surface area contributed by atoms with Crippen LogP contribution in [0.25, 0.3) is 0 Å². The van der Waals surface area contributed by atoms with Gasteiger partial charge in [0.15, 0.2) is 0 Å². The monoisotopic (exact) mass is 291 g/mol. The number of benzene rings is 1. The Morgan fingerprint density at radius 3 is 2.71 bits per heavy atom. The zero-order valence-electron chi connectivity index (χ0n) is 12.5. The van der Waals surface area contributed by atoms with E-state index in [4.69, 9.17) is 4.74 Å². The molecule has 0 fully saturated rings. The molecular formula is C15H21N3O3. The maximum Gasteiger partial charge on any atom is 0.242 e. The van der Waals surface area contributed by atoms with E-state index in [0.29, 0.717) is 18.0 Å². The van der Waals surface area contributed by atoms with Gasteiger partial charge in [0, 0.05) is 25.2 Å². The van der Waals surface area contributed by atoms with Gasteiger partial charge in [-0.25, -0.2) is 0 Å². The quantitative estimate of drug-likeness (QED) is 0.669. The molecule has 0 spiro atoms. The molecule has 1 aromatic carbocycles. The first-order valence-electron chi connectivity index (χ1n) is 6.58. The summed E-state index contributed by atoms with van der Waals surface area (Å²) in [6.07, 6.45) is 1.62. The van der Waals surface area contributed by atoms with Crippen LogP contribution in [-0.4, -0.2) is 31.5 Å². The lowest BCUT2D eigenvalue weighted by Crippen LogP contribution is -2.37. The van der Waals surface area contributed by atoms with Crippen molar-refractivity contribution in [1.82, 2.24) is 5.32 Å². The van der Waals surface area contributed by atoms with E-state index in [9.17, 15) is 9.59 Å². The second kappa shape index (κ2) is 7.94. The molecule has 0 saturated carbocycles. The maximum atomic E-state index is 11.8. The number of hydrogen-bond donors (Lipinski definition) is 3. The van der Waals surface area contributed by atoms with E-state index < -0.39 is 6.04 Å². The first-order valence-corrected chi connectivity index (χ1v) is 6.58. The van der Waals surface area contributed by atoms with E-state index in [-0.39, 0.29) is 11.8 Å². The highest BCUT2D eigenvalue weighted by Crippen LogP contribution is 2.28. The zero-order chi connectivity index (χ0) is 15.8. The van der Waals surface area contributed by atoms with Crippen molar-refractivity contribution >= 4 is 23.2 Å². The average Bonchev–Trinajstić information content (AvgIpc) is 2.45. The smallest absolute Gasteiger partial charge is 0.242 e. The molecule has 1 atom stereocenters. The normalized spacial score (nSPS) is 11.2. The standard InChI is InChI=1S/C15H21N3O3/c1-5-8-16-15(20)10(2)17-12-6-7-13(18-11(3)19)14(9-12)21-4/h5-7,9-10,17H,1,8H2,2-4H3,(H,16,20)(H,18,19)/t10-/m0/s1. The number of anilines is 2. The third-order valence-electron chi connectivity index (χ3n) is 2.71. The van der Waals surface area contributed by atoms with E-state index in [1.807, 2.05) is 0 Å². The second-order valence-electron chi connectivity index (χ2n) is 4.50. The Labute approximate surface area is 124 Å². The van der Waals surface area contributed by atoms with Gasteiger partial charge in [-0.1, -0.05) is 6.08 Å². The van der Waals surface area contributed by atoms with Crippen LogP contribution in [0.4, 0.5) is 11.4 Å². The molecule has 6 heteroatoms. The summed E-state index contributed by atoms with van der Waals surface area (Å²) in [6.45, 7) is 7.16. The highest BCUT2D eigenvalue weighted by atomic mass is 16.5. The Balaban J connectivity index is 2.77. The number of rotatable bonds is 7. The van der Waals surface area contributed by atoms with Crippen molar-refractivity contribution in [2.45, 2.75) is 19.9 Å². The van der Waals surface area contributed by atoms with Crippen LogP contribution in [0, 0.1) is 0 Å². The van der Waals surface area contributed by atoms with Crippen molar-refractivity contribution in [3.05, 3.63) is 30.9 Å². The third kappa shape index (κ3) is 5.18. The molecule has 0 unspecified atom stereocenters. The number of nitrogens with one attached hydrogen (secondary N) is 3. The zero-order valence-corrected chi connectivity index (χ0v) is 12.5. The van der Waals surface area contributed by atoms with Crippen LogP contribution in [0.5, 0.6) is 5.75 Å². The van der Waals surface area contributed by atoms with Crippen LogP contribution in [0.3, 0.4) is 0 Å². The summed E-state index contributed by atoms with van der Waals surface area (Å²) in [4.78, 5) is 22.9. The maximum absolute atomic E-state index is 11.8. The molecule has 0 aliphatic carbocycles. The molecule has 1 aromatic rings. The van der Waals surface area contributed by atoms with E-state index in [1.54, 1.807) is 31.2 Å². The number of ether oxygens (including phenoxy) is 1. The number of hydrogen-bond acceptors (Lipinski definition) is 4. The Bertz CT molecular complexity index is 529. The minimum atomic E-state index is -0.402. The van der Waals surface area contributed by atoms with E-state index in [2.05, 4.69) is 22.5 Å². The topological polar surface area (TPSA) is 79.5 Å². The fourth-order valence-electron chi connectivity index (χ4n) is 1.72. The lowest BCUT2D eigenvalue weighted by molar-refractivity contribution is -0.121. The largest absolute Gasteiger partial charge is 0.494 e. The van der Waals surface area contributed by atoms with Crippen LogP contribution in [-0.2, 0) is 9.59 Å². The van der Waals surface area contributed by atoms with E-state index in [1.165, 1.54) is 14.0 Å². The Morgan fingerprint density at radius 2 is 2.14 bits per heavy atom. The minimum absolute atomic E-state index is 0.125. The average molecular weight is 291 g/mol. The predicted molar refractivity (Wildman–Crippen MR) is 83.6 cm³/mol. The summed E-state index contributed by atoms with van der Waals surface area (Å²) in [5.74, 6) is 0.222. The van der Waals surface area contributed by atoms with Gasteiger partial charge in [-0.15, -0.1) is 6.58 Å². The van der Waals surface area contributed by atoms with Gasteiger partial charge in [0.25, 0.3) is 0 Å². The highest BCUT2D eigenvalue weighted by Gasteiger charge is 2.13. The predicted octanol–water partition coefficient (Wildman–Crippen LogP) is 1.76. The van der Waals surface area contributed by atoms with Crippen molar-refractivity contribution < 1.29 is 14.3 Å². The van der Waals surface area contributed by atoms with Crippen molar-refractivity contribution in [3.8, 4) is 5.75 Å². The van der Waals surface area contributed by atoms with Crippen LogP contribution in [0.2, 0.25) is 0 Å². The van der Waals surface area contributed by atoms with Gasteiger partial charge >= 0.3 is 0 Å². The molecule has 6 nitrogen and oxygen atoms in total. The molecule has 3 N–H and O–H groups in total. The first kappa shape index (κ1) is 16.6. The number of carbonyl (C=O) groups excluding carboxylic acids is 2. The van der Waals surface area contributed by atoms with Gasteiger partial charge in [0.05, 0.1) is 12.8 Å². The number of amides is 2. The Kier molecular flexibility index (Phi) is 6.26. The fourth-order valence-corrected chi connectivity index (χ4v) is 1.72. The number of methoxy groups -OCH3 is 1. The molecule has 0 heterocycles. The highest BCUT2D eigenvalue weighted by molar-refractivity contribution is 5.91. The molecular weight excluding hydrogens is 270 g/mol. The fraction of sp³-hybridized carbons (Fsp3) is 0.333. The van der Waals surface area contributed by atoms with Gasteiger partial charge in [-0.2, -0.15) is 0 Å². The SMILES string of the molecule is C=CCNC(=O)[C@H](C)Nc1ccc(NC(C)=O)c(OC)c1. The molecule has 0 saturated heterocycles. The van der Waals surface area contributed by atoms with Gasteiger partial charge < -0.3 is 20.7 Å². The summed E-state index contributed by atoms with van der Waals surface area (Å²) >= 11 is 0. The molecule has 0 aromatic heterocycles. The molecule has 1 rings (SSSR count). The van der Waals surface area contributed by atoms with Crippen LogP contribution in [0.1, 0.15) is 13.8 Å². The van der Waals surface area contributed by atoms with Gasteiger partial charge in [0.1, 0.15) is 11.8 Å². The molecule has 2 amide bonds. The van der Waals surface area contributed by atoms with Crippen LogP contribution < -0.4 is 20.7 Å². The Morgan fingerprint density at radius 1 is 1.43 bits per heavy atom. The lowest BCUT2D eigenvalue weighted by Gasteiger charge is -2.16. The summed E-state index contributed by atoms with van der Waals surface area (Å²) in [5, 5.41) is 8.45. The lowest BCUT2D eigenvalue weighted by atomic mass is 10.2. The van der Waals surface area contributed by atoms with Crippen molar-refractivity contribution in [2.24, 2.45) is 0 Å². The van der Waals surface area contributed by atoms with Gasteiger partial charge in [-0.05, 0) is 19.1 Å². The molecule has 0 aliphatic heterocycles. The van der Waals surface area contributed by atoms with Crippen molar-refractivity contribution in [1.29, 1.82) is 0 Å². The second-order valence-corrected chi connectivity index (χ2v) is 4.50. The summed E-state index contributed by atoms with van der Waals surface area (Å²) in [5.41, 5.74) is 1.31. The molecule has 0 radical (unpaired) electrons. The van der Waals surface area contributed by atoms with Crippen LogP contribution >= 0.6 is 0 Å². The minimum Gasteiger partial charge on any atom is -0.494 e. The van der Waals surface area contributed by atoms with Gasteiger partial charge in [-0.3, -0.25) is 9.59 Å². The summed E-state index contributed by atoms with van der Waals surface area (Å²) in [7, 11) is 1.52. The molecule has 21 heavy (non-hydrogen) atoms. The van der Waals surface area contributed by atoms with Crippen LogP contribution in [0.15, 0.2) is 30.9 Å². The van der Waals surface area contributed by atoms with Crippen molar-refractivity contribution in [3.63, 3.8) is 0 Å². The summed E-state index contributed by atoms with van der Waals surface area (Å²) in [6, 6.07) is 4.81. The number of carbonyl (C=O) groups is 2. The Hall–Kier alpha value is -2.50. The third-order valence-corrected chi connectivity index (χ3v) is 2.71. The molecule has 0 aliphatic rings. The van der Waals surface area contributed by atoms with Crippen molar-refractivity contribution in [2.75, 3.05) is 24.3 Å². The molecule has 114 valence electrons. The summed E-state index contributed by atoms with van der Waals surface area (Å²) < 4.78 is 5.23.